The Morgan fingerprint density at radius 1 is 1.21 bits per heavy atom. The molecule has 2 fully saturated rings. The summed E-state index contributed by atoms with van der Waals surface area (Å²) in [6.07, 6.45) is 3.61. The van der Waals surface area contributed by atoms with E-state index in [-0.39, 0.29) is 17.7 Å². The van der Waals surface area contributed by atoms with Gasteiger partial charge in [-0.05, 0) is 30.7 Å². The highest BCUT2D eigenvalue weighted by Gasteiger charge is 2.34. The van der Waals surface area contributed by atoms with Crippen LogP contribution in [0.5, 0.6) is 0 Å². The summed E-state index contributed by atoms with van der Waals surface area (Å²) in [7, 11) is 0. The van der Waals surface area contributed by atoms with Crippen molar-refractivity contribution in [2.45, 2.75) is 56.2 Å². The van der Waals surface area contributed by atoms with Crippen LogP contribution in [0.1, 0.15) is 38.7 Å². The quantitative estimate of drug-likeness (QED) is 0.859. The lowest BCUT2D eigenvalue weighted by Gasteiger charge is -2.30. The first-order valence-electron chi connectivity index (χ1n) is 8.84. The number of benzene rings is 1. The maximum Gasteiger partial charge on any atom is 0.236 e. The Balaban J connectivity index is 0.00000208. The highest BCUT2D eigenvalue weighted by atomic mass is 35.5. The molecule has 0 aromatic heterocycles. The number of hydrogen-bond donors (Lipinski definition) is 1. The second kappa shape index (κ2) is 9.12. The lowest BCUT2D eigenvalue weighted by molar-refractivity contribution is -0.131. The Hall–Kier alpha value is -0.710. The Morgan fingerprint density at radius 3 is 2.62 bits per heavy atom. The van der Waals surface area contributed by atoms with Crippen LogP contribution in [0, 0.1) is 5.92 Å². The number of rotatable bonds is 5. The van der Waals surface area contributed by atoms with Gasteiger partial charge in [0.05, 0.1) is 5.25 Å². The second-order valence-corrected chi connectivity index (χ2v) is 8.30. The molecule has 2 aliphatic rings. The number of halogens is 1. The molecule has 0 radical (unpaired) electrons. The molecule has 5 heteroatoms. The molecular weight excluding hydrogens is 340 g/mol. The zero-order valence-electron chi connectivity index (χ0n) is 14.6. The number of thioether (sulfide) groups is 1. The summed E-state index contributed by atoms with van der Waals surface area (Å²) in [5.41, 5.74) is 1.30. The van der Waals surface area contributed by atoms with Crippen LogP contribution in [-0.4, -0.2) is 41.2 Å². The van der Waals surface area contributed by atoms with E-state index in [9.17, 15) is 4.79 Å². The van der Waals surface area contributed by atoms with E-state index in [0.717, 1.165) is 25.3 Å². The van der Waals surface area contributed by atoms with Crippen molar-refractivity contribution in [1.29, 1.82) is 0 Å². The van der Waals surface area contributed by atoms with Crippen molar-refractivity contribution in [2.24, 2.45) is 5.92 Å². The van der Waals surface area contributed by atoms with Gasteiger partial charge in [0.25, 0.3) is 0 Å². The zero-order valence-corrected chi connectivity index (χ0v) is 16.2. The molecule has 3 unspecified atom stereocenters. The van der Waals surface area contributed by atoms with Gasteiger partial charge in [0.2, 0.25) is 5.91 Å². The van der Waals surface area contributed by atoms with Gasteiger partial charge in [-0.25, -0.2) is 0 Å². The SMILES string of the molecule is CC(C)C(SCc1ccccc1)C(=O)N1CCC2CCC(C1)N2.Cl. The molecule has 3 nitrogen and oxygen atoms in total. The molecule has 3 atom stereocenters. The van der Waals surface area contributed by atoms with Gasteiger partial charge in [0.15, 0.2) is 0 Å². The van der Waals surface area contributed by atoms with Gasteiger partial charge in [0.1, 0.15) is 0 Å². The predicted molar refractivity (Wildman–Crippen MR) is 105 cm³/mol. The fraction of sp³-hybridized carbons (Fsp3) is 0.632. The van der Waals surface area contributed by atoms with Crippen LogP contribution in [-0.2, 0) is 10.5 Å². The first-order valence-corrected chi connectivity index (χ1v) is 9.88. The number of carbonyl (C=O) groups excluding carboxylic acids is 1. The zero-order chi connectivity index (χ0) is 16.2. The Kier molecular flexibility index (Phi) is 7.45. The van der Waals surface area contributed by atoms with Gasteiger partial charge in [0, 0.05) is 30.9 Å². The smallest absolute Gasteiger partial charge is 0.236 e. The average molecular weight is 369 g/mol. The lowest BCUT2D eigenvalue weighted by atomic mass is 10.1. The van der Waals surface area contributed by atoms with E-state index in [1.165, 1.54) is 18.4 Å². The number of likely N-dealkylation sites (tertiary alicyclic amines) is 1. The average Bonchev–Trinajstić information content (AvgIpc) is 2.87. The van der Waals surface area contributed by atoms with Crippen molar-refractivity contribution in [3.8, 4) is 0 Å². The highest BCUT2D eigenvalue weighted by molar-refractivity contribution is 7.99. The number of hydrogen-bond acceptors (Lipinski definition) is 3. The van der Waals surface area contributed by atoms with Crippen molar-refractivity contribution >= 4 is 30.1 Å². The van der Waals surface area contributed by atoms with Gasteiger partial charge < -0.3 is 10.2 Å². The van der Waals surface area contributed by atoms with Crippen LogP contribution in [0.25, 0.3) is 0 Å². The largest absolute Gasteiger partial charge is 0.340 e. The first-order chi connectivity index (χ1) is 11.1. The normalized spacial score (nSPS) is 24.4. The minimum absolute atomic E-state index is 0. The third kappa shape index (κ3) is 4.90. The van der Waals surface area contributed by atoms with E-state index in [1.807, 2.05) is 6.07 Å². The third-order valence-corrected chi connectivity index (χ3v) is 6.56. The van der Waals surface area contributed by atoms with E-state index >= 15 is 0 Å². The standard InChI is InChI=1S/C19H28N2OS.ClH/c1-14(2)18(23-13-15-6-4-3-5-7-15)19(22)21-11-10-16-8-9-17(12-21)20-16;/h3-7,14,16-18,20H,8-13H2,1-2H3;1H. The maximum atomic E-state index is 13.1. The van der Waals surface area contributed by atoms with E-state index in [4.69, 9.17) is 0 Å². The lowest BCUT2D eigenvalue weighted by Crippen LogP contribution is -2.44. The molecule has 24 heavy (non-hydrogen) atoms. The molecule has 134 valence electrons. The van der Waals surface area contributed by atoms with Crippen molar-refractivity contribution in [3.05, 3.63) is 35.9 Å². The van der Waals surface area contributed by atoms with E-state index < -0.39 is 0 Å². The Labute approximate surface area is 156 Å². The first kappa shape index (κ1) is 19.6. The number of fused-ring (bicyclic) bond motifs is 2. The fourth-order valence-corrected chi connectivity index (χ4v) is 4.87. The molecule has 1 amide bonds. The van der Waals surface area contributed by atoms with Crippen LogP contribution in [0.4, 0.5) is 0 Å². The molecule has 1 aromatic carbocycles. The van der Waals surface area contributed by atoms with Crippen LogP contribution >= 0.6 is 24.2 Å². The molecular formula is C19H29ClN2OS. The molecule has 2 saturated heterocycles. The monoisotopic (exact) mass is 368 g/mol. The van der Waals surface area contributed by atoms with Crippen LogP contribution in [0.2, 0.25) is 0 Å². The summed E-state index contributed by atoms with van der Waals surface area (Å²) in [6, 6.07) is 11.6. The summed E-state index contributed by atoms with van der Waals surface area (Å²) < 4.78 is 0. The number of carbonyl (C=O) groups is 1. The van der Waals surface area contributed by atoms with Crippen molar-refractivity contribution in [2.75, 3.05) is 13.1 Å². The predicted octanol–water partition coefficient (Wildman–Crippen LogP) is 3.72. The summed E-state index contributed by atoms with van der Waals surface area (Å²) >= 11 is 1.80. The van der Waals surface area contributed by atoms with Crippen LogP contribution < -0.4 is 5.32 Å². The molecule has 2 bridgehead atoms. The Morgan fingerprint density at radius 2 is 1.92 bits per heavy atom. The van der Waals surface area contributed by atoms with E-state index in [1.54, 1.807) is 11.8 Å². The van der Waals surface area contributed by atoms with Crippen molar-refractivity contribution in [3.63, 3.8) is 0 Å². The topological polar surface area (TPSA) is 32.3 Å². The van der Waals surface area contributed by atoms with Gasteiger partial charge in [-0.1, -0.05) is 44.2 Å². The summed E-state index contributed by atoms with van der Waals surface area (Å²) in [6.45, 7) is 6.15. The Bertz CT molecular complexity index is 525. The highest BCUT2D eigenvalue weighted by Crippen LogP contribution is 2.28. The molecule has 1 N–H and O–H groups in total. The minimum atomic E-state index is 0. The van der Waals surface area contributed by atoms with Gasteiger partial charge in [-0.3, -0.25) is 4.79 Å². The minimum Gasteiger partial charge on any atom is -0.340 e. The van der Waals surface area contributed by atoms with Gasteiger partial charge >= 0.3 is 0 Å². The van der Waals surface area contributed by atoms with Crippen LogP contribution in [0.3, 0.4) is 0 Å². The molecule has 0 saturated carbocycles. The maximum absolute atomic E-state index is 13.1. The van der Waals surface area contributed by atoms with E-state index in [2.05, 4.69) is 48.3 Å². The number of nitrogens with zero attached hydrogens (tertiary/aromatic N) is 1. The number of nitrogens with one attached hydrogen (secondary N) is 1. The molecule has 2 heterocycles. The second-order valence-electron chi connectivity index (χ2n) is 7.17. The van der Waals surface area contributed by atoms with Crippen molar-refractivity contribution < 1.29 is 4.79 Å². The van der Waals surface area contributed by atoms with Gasteiger partial charge in [-0.2, -0.15) is 0 Å². The van der Waals surface area contributed by atoms with E-state index in [0.29, 0.717) is 23.9 Å². The number of amides is 1. The molecule has 0 aliphatic carbocycles. The third-order valence-electron chi connectivity index (χ3n) is 4.96. The van der Waals surface area contributed by atoms with Crippen molar-refractivity contribution in [1.82, 2.24) is 10.2 Å². The molecule has 3 rings (SSSR count). The molecule has 2 aliphatic heterocycles. The summed E-state index contributed by atoms with van der Waals surface area (Å²) in [5, 5.41) is 3.72. The summed E-state index contributed by atoms with van der Waals surface area (Å²) in [4.78, 5) is 15.2. The fourth-order valence-electron chi connectivity index (χ4n) is 3.63. The molecule has 0 spiro atoms. The van der Waals surface area contributed by atoms with Gasteiger partial charge in [-0.15, -0.1) is 24.2 Å². The summed E-state index contributed by atoms with van der Waals surface area (Å²) in [5.74, 6) is 1.62. The van der Waals surface area contributed by atoms with Crippen LogP contribution in [0.15, 0.2) is 30.3 Å². The molecule has 1 aromatic rings.